The Kier molecular flexibility index (Phi) is 33.2. The summed E-state index contributed by atoms with van der Waals surface area (Å²) in [5.41, 5.74) is 0. The van der Waals surface area contributed by atoms with Crippen LogP contribution in [0.5, 0.6) is 0 Å². The minimum absolute atomic E-state index is 0.239. The van der Waals surface area contributed by atoms with Gasteiger partial charge in [-0.05, 0) is 18.8 Å². The summed E-state index contributed by atoms with van der Waals surface area (Å²) in [6.07, 6.45) is 20.0. The Hall–Kier alpha value is -1.38. The summed E-state index contributed by atoms with van der Waals surface area (Å²) in [7, 11) is 0. The SMILES string of the molecule is CCCCCCCCCCCCCCCCCCCC[C@@H](O)C(=O)N[C@@H](CO[C@@H]1O[C@H](CO)[C@@H](O)[C@H](O)[C@H]1O)[C@H](OC(C)=O)[C@H](O)CCCCCCCCCC(C)C. The lowest BCUT2D eigenvalue weighted by molar-refractivity contribution is -0.303. The van der Waals surface area contributed by atoms with Gasteiger partial charge < -0.3 is 50.2 Å². The van der Waals surface area contributed by atoms with Crippen molar-refractivity contribution in [2.45, 2.75) is 263 Å². The summed E-state index contributed by atoms with van der Waals surface area (Å²) < 4.78 is 16.8. The molecular formula is C46H89NO11. The molecule has 1 aliphatic rings. The maximum absolute atomic E-state index is 13.3. The van der Waals surface area contributed by atoms with Crippen LogP contribution in [0.3, 0.4) is 0 Å². The average molecular weight is 832 g/mol. The van der Waals surface area contributed by atoms with E-state index in [-0.39, 0.29) is 6.42 Å². The van der Waals surface area contributed by atoms with Gasteiger partial charge in [0.25, 0.3) is 0 Å². The molecule has 0 aliphatic carbocycles. The zero-order valence-electron chi connectivity index (χ0n) is 37.2. The van der Waals surface area contributed by atoms with Crippen LogP contribution in [0.15, 0.2) is 0 Å². The van der Waals surface area contributed by atoms with E-state index in [1.165, 1.54) is 116 Å². The molecule has 1 fully saturated rings. The summed E-state index contributed by atoms with van der Waals surface area (Å²) in [5, 5.41) is 65.4. The Labute approximate surface area is 352 Å². The molecule has 0 aromatic carbocycles. The van der Waals surface area contributed by atoms with Crippen LogP contribution < -0.4 is 5.32 Å². The van der Waals surface area contributed by atoms with Crippen molar-refractivity contribution in [3.63, 3.8) is 0 Å². The van der Waals surface area contributed by atoms with Gasteiger partial charge in [0.05, 0.1) is 25.4 Å². The molecule has 0 aromatic heterocycles. The fourth-order valence-electron chi connectivity index (χ4n) is 7.85. The predicted molar refractivity (Wildman–Crippen MR) is 229 cm³/mol. The minimum Gasteiger partial charge on any atom is -0.457 e. The van der Waals surface area contributed by atoms with E-state index >= 15 is 0 Å². The number of rotatable bonds is 38. The van der Waals surface area contributed by atoms with Crippen LogP contribution in [0.4, 0.5) is 0 Å². The van der Waals surface area contributed by atoms with Gasteiger partial charge in [-0.15, -0.1) is 0 Å². The van der Waals surface area contributed by atoms with Gasteiger partial charge >= 0.3 is 5.97 Å². The van der Waals surface area contributed by atoms with Gasteiger partial charge in [0.15, 0.2) is 6.29 Å². The van der Waals surface area contributed by atoms with Crippen LogP contribution >= 0.6 is 0 Å². The highest BCUT2D eigenvalue weighted by Crippen LogP contribution is 2.24. The monoisotopic (exact) mass is 832 g/mol. The fraction of sp³-hybridized carbons (Fsp3) is 0.957. The van der Waals surface area contributed by atoms with E-state index in [9.17, 15) is 40.2 Å². The second kappa shape index (κ2) is 35.2. The molecule has 1 heterocycles. The van der Waals surface area contributed by atoms with Crippen molar-refractivity contribution in [1.82, 2.24) is 5.32 Å². The van der Waals surface area contributed by atoms with Crippen LogP contribution in [0.25, 0.3) is 0 Å². The molecule has 0 unspecified atom stereocenters. The van der Waals surface area contributed by atoms with Gasteiger partial charge in [-0.25, -0.2) is 0 Å². The molecule has 344 valence electrons. The van der Waals surface area contributed by atoms with Crippen molar-refractivity contribution in [2.75, 3.05) is 13.2 Å². The second-order valence-electron chi connectivity index (χ2n) is 17.5. The molecule has 58 heavy (non-hydrogen) atoms. The third kappa shape index (κ3) is 26.1. The maximum Gasteiger partial charge on any atom is 0.303 e. The number of nitrogens with one attached hydrogen (secondary N) is 1. The van der Waals surface area contributed by atoms with E-state index in [2.05, 4.69) is 26.1 Å². The molecule has 1 aliphatic heterocycles. The Morgan fingerprint density at radius 2 is 1.05 bits per heavy atom. The van der Waals surface area contributed by atoms with Crippen LogP contribution in [-0.2, 0) is 23.8 Å². The van der Waals surface area contributed by atoms with E-state index in [0.717, 1.165) is 44.9 Å². The number of esters is 1. The molecule has 1 amide bonds. The molecule has 9 atom stereocenters. The summed E-state index contributed by atoms with van der Waals surface area (Å²) in [4.78, 5) is 25.6. The second-order valence-corrected chi connectivity index (χ2v) is 17.5. The molecule has 1 saturated heterocycles. The van der Waals surface area contributed by atoms with Gasteiger partial charge in [-0.1, -0.05) is 188 Å². The van der Waals surface area contributed by atoms with Crippen molar-refractivity contribution in [1.29, 1.82) is 0 Å². The molecule has 0 bridgehead atoms. The molecule has 12 nitrogen and oxygen atoms in total. The quantitative estimate of drug-likeness (QED) is 0.0240. The van der Waals surface area contributed by atoms with E-state index < -0.39 is 80.1 Å². The molecule has 12 heteroatoms. The maximum atomic E-state index is 13.3. The first-order valence-corrected chi connectivity index (χ1v) is 23.7. The smallest absolute Gasteiger partial charge is 0.303 e. The van der Waals surface area contributed by atoms with Crippen molar-refractivity contribution in [3.8, 4) is 0 Å². The van der Waals surface area contributed by atoms with E-state index in [1.807, 2.05) is 0 Å². The van der Waals surface area contributed by atoms with E-state index in [1.54, 1.807) is 0 Å². The number of carbonyl (C=O) groups excluding carboxylic acids is 2. The van der Waals surface area contributed by atoms with Gasteiger partial charge in [0.1, 0.15) is 36.6 Å². The lowest BCUT2D eigenvalue weighted by atomic mass is 9.98. The Balaban J connectivity index is 2.59. The first-order valence-electron chi connectivity index (χ1n) is 23.7. The minimum atomic E-state index is -1.69. The van der Waals surface area contributed by atoms with Crippen molar-refractivity contribution in [2.24, 2.45) is 5.92 Å². The van der Waals surface area contributed by atoms with Crippen LogP contribution in [0, 0.1) is 5.92 Å². The lowest BCUT2D eigenvalue weighted by Gasteiger charge is -2.40. The van der Waals surface area contributed by atoms with Crippen LogP contribution in [-0.4, -0.2) is 111 Å². The summed E-state index contributed by atoms with van der Waals surface area (Å²) in [6, 6.07) is -1.16. The zero-order valence-corrected chi connectivity index (χ0v) is 37.2. The third-order valence-corrected chi connectivity index (χ3v) is 11.6. The Bertz CT molecular complexity index is 985. The molecule has 0 aromatic rings. The number of amides is 1. The number of carbonyl (C=O) groups is 2. The van der Waals surface area contributed by atoms with Crippen LogP contribution in [0.2, 0.25) is 0 Å². The largest absolute Gasteiger partial charge is 0.457 e. The number of ether oxygens (including phenoxy) is 3. The van der Waals surface area contributed by atoms with E-state index in [4.69, 9.17) is 14.2 Å². The van der Waals surface area contributed by atoms with Gasteiger partial charge in [-0.2, -0.15) is 0 Å². The number of unbranched alkanes of at least 4 members (excludes halogenated alkanes) is 23. The van der Waals surface area contributed by atoms with Crippen molar-refractivity contribution >= 4 is 11.9 Å². The average Bonchev–Trinajstić information content (AvgIpc) is 3.19. The molecule has 0 saturated carbocycles. The van der Waals surface area contributed by atoms with E-state index in [0.29, 0.717) is 25.2 Å². The standard InChI is InChI=1S/C46H89NO11/c1-5-6-7-8-9-10-11-12-13-14-15-16-17-18-19-22-26-29-32-39(51)45(55)47-37(34-56-46-43(54)42(53)41(52)40(33-48)58-46)44(57-36(4)49)38(50)31-28-25-23-20-21-24-27-30-35(2)3/h35,37-44,46,48,50-54H,5-34H2,1-4H3,(H,47,55)/t37-,38+,39+,40+,41+,42-,43+,44-,46+/m0/s1. The summed E-state index contributed by atoms with van der Waals surface area (Å²) >= 11 is 0. The molecule has 0 spiro atoms. The highest BCUT2D eigenvalue weighted by atomic mass is 16.7. The highest BCUT2D eigenvalue weighted by Gasteiger charge is 2.45. The molecule has 7 N–H and O–H groups in total. The highest BCUT2D eigenvalue weighted by molar-refractivity contribution is 5.80. The lowest BCUT2D eigenvalue weighted by Crippen LogP contribution is -2.60. The normalized spacial score (nSPS) is 21.8. The van der Waals surface area contributed by atoms with Crippen molar-refractivity contribution in [3.05, 3.63) is 0 Å². The third-order valence-electron chi connectivity index (χ3n) is 11.6. The van der Waals surface area contributed by atoms with Crippen molar-refractivity contribution < 1.29 is 54.4 Å². The first-order chi connectivity index (χ1) is 27.9. The van der Waals surface area contributed by atoms with Gasteiger partial charge in [-0.3, -0.25) is 9.59 Å². The molecule has 1 rings (SSSR count). The first kappa shape index (κ1) is 54.6. The predicted octanol–water partition coefficient (Wildman–Crippen LogP) is 7.54. The number of aliphatic hydroxyl groups excluding tert-OH is 6. The van der Waals surface area contributed by atoms with Gasteiger partial charge in [0.2, 0.25) is 5.91 Å². The topological polar surface area (TPSA) is 195 Å². The summed E-state index contributed by atoms with van der Waals surface area (Å²) in [6.45, 7) is 6.84. The Morgan fingerprint density at radius 1 is 0.621 bits per heavy atom. The fourth-order valence-corrected chi connectivity index (χ4v) is 7.85. The van der Waals surface area contributed by atoms with Gasteiger partial charge in [0, 0.05) is 6.92 Å². The number of aliphatic hydroxyl groups is 6. The molecular weight excluding hydrogens is 743 g/mol. The molecule has 0 radical (unpaired) electrons. The number of hydrogen-bond acceptors (Lipinski definition) is 11. The summed E-state index contributed by atoms with van der Waals surface area (Å²) in [5.74, 6) is -0.683. The zero-order chi connectivity index (χ0) is 43.0. The Morgan fingerprint density at radius 3 is 1.48 bits per heavy atom. The van der Waals surface area contributed by atoms with Crippen LogP contribution in [0.1, 0.15) is 207 Å². The number of hydrogen-bond donors (Lipinski definition) is 7.